The molecular weight excluding hydrogens is 441 g/mol. The number of benzene rings is 2. The van der Waals surface area contributed by atoms with Crippen LogP contribution < -0.4 is 10.8 Å². The maximum atomic E-state index is 11.2. The first-order valence-electron chi connectivity index (χ1n) is 12.3. The highest BCUT2D eigenvalue weighted by Gasteiger charge is 2.51. The summed E-state index contributed by atoms with van der Waals surface area (Å²) in [6.07, 6.45) is -0.983. The molecule has 3 heterocycles. The molecule has 2 aliphatic heterocycles. The molecule has 0 bridgehead atoms. The molecule has 0 unspecified atom stereocenters. The summed E-state index contributed by atoms with van der Waals surface area (Å²) in [5.74, 6) is 0.141. The van der Waals surface area contributed by atoms with Gasteiger partial charge in [0, 0.05) is 36.8 Å². The molecule has 35 heavy (non-hydrogen) atoms. The summed E-state index contributed by atoms with van der Waals surface area (Å²) in [5, 5.41) is 13.0. The average molecular weight is 475 g/mol. The summed E-state index contributed by atoms with van der Waals surface area (Å²) in [6.45, 7) is 10.2. The molecule has 2 aromatic carbocycles. The molecule has 0 aliphatic carbocycles. The van der Waals surface area contributed by atoms with E-state index in [1.54, 1.807) is 0 Å². The fraction of sp³-hybridized carbons (Fsp3) is 0.444. The molecule has 2 aliphatic rings. The van der Waals surface area contributed by atoms with Gasteiger partial charge in [0.05, 0.1) is 17.2 Å². The molecule has 1 saturated heterocycles. The van der Waals surface area contributed by atoms with Crippen LogP contribution in [-0.2, 0) is 22.4 Å². The summed E-state index contributed by atoms with van der Waals surface area (Å²) in [7, 11) is 1.72. The van der Waals surface area contributed by atoms with Crippen molar-refractivity contribution < 1.29 is 19.2 Å². The number of carboxylic acid groups (broad SMARTS) is 1. The number of hydrogen-bond donors (Lipinski definition) is 2. The van der Waals surface area contributed by atoms with Gasteiger partial charge in [0.1, 0.15) is 0 Å². The van der Waals surface area contributed by atoms with Gasteiger partial charge in [0.15, 0.2) is 0 Å². The number of fused-ring (bicyclic) bond motifs is 3. The molecule has 2 atom stereocenters. The van der Waals surface area contributed by atoms with Gasteiger partial charge in [-0.3, -0.25) is 4.90 Å². The molecular formula is C27H34BN3O4. The fourth-order valence-electron chi connectivity index (χ4n) is 5.41. The van der Waals surface area contributed by atoms with Crippen LogP contribution in [0.2, 0.25) is 0 Å². The lowest BCUT2D eigenvalue weighted by molar-refractivity contribution is 0.00578. The van der Waals surface area contributed by atoms with Crippen LogP contribution >= 0.6 is 0 Å². The normalized spacial score (nSPS) is 22.6. The van der Waals surface area contributed by atoms with Crippen LogP contribution in [0.5, 0.6) is 0 Å². The van der Waals surface area contributed by atoms with E-state index in [2.05, 4.69) is 98.1 Å². The number of nitrogens with one attached hydrogen (secondary N) is 1. The Morgan fingerprint density at radius 3 is 2.46 bits per heavy atom. The lowest BCUT2D eigenvalue weighted by atomic mass is 9.78. The minimum Gasteiger partial charge on any atom is -0.465 e. The Morgan fingerprint density at radius 1 is 1.11 bits per heavy atom. The second-order valence-corrected chi connectivity index (χ2v) is 10.9. The van der Waals surface area contributed by atoms with Crippen LogP contribution in [0.25, 0.3) is 10.9 Å². The largest absolute Gasteiger partial charge is 0.494 e. The van der Waals surface area contributed by atoms with Crippen molar-refractivity contribution in [3.05, 3.63) is 65.9 Å². The zero-order valence-corrected chi connectivity index (χ0v) is 21.1. The van der Waals surface area contributed by atoms with Crippen molar-refractivity contribution >= 4 is 29.6 Å². The Balaban J connectivity index is 1.46. The van der Waals surface area contributed by atoms with Crippen LogP contribution in [-0.4, -0.2) is 52.6 Å². The Kier molecular flexibility index (Phi) is 5.94. The minimum atomic E-state index is -0.983. The third kappa shape index (κ3) is 4.35. The van der Waals surface area contributed by atoms with E-state index in [1.165, 1.54) is 11.3 Å². The molecule has 7 nitrogen and oxygen atoms in total. The topological polar surface area (TPSA) is 76.0 Å². The van der Waals surface area contributed by atoms with Gasteiger partial charge in [-0.2, -0.15) is 0 Å². The molecule has 2 N–H and O–H groups in total. The molecule has 1 amide bonds. The smallest absolute Gasteiger partial charge is 0.465 e. The van der Waals surface area contributed by atoms with Crippen molar-refractivity contribution in [1.29, 1.82) is 0 Å². The van der Waals surface area contributed by atoms with E-state index in [9.17, 15) is 9.90 Å². The average Bonchev–Trinajstić information content (AvgIpc) is 3.39. The molecule has 184 valence electrons. The third-order valence-electron chi connectivity index (χ3n) is 7.91. The van der Waals surface area contributed by atoms with Crippen LogP contribution in [0.15, 0.2) is 54.6 Å². The summed E-state index contributed by atoms with van der Waals surface area (Å²) in [5.41, 5.74) is 3.84. The predicted octanol–water partition coefficient (Wildman–Crippen LogP) is 4.01. The van der Waals surface area contributed by atoms with E-state index in [0.717, 1.165) is 29.5 Å². The zero-order valence-electron chi connectivity index (χ0n) is 21.1. The van der Waals surface area contributed by atoms with E-state index in [-0.39, 0.29) is 23.2 Å². The number of hydrogen-bond acceptors (Lipinski definition) is 4. The molecule has 0 radical (unpaired) electrons. The van der Waals surface area contributed by atoms with Crippen molar-refractivity contribution in [1.82, 2.24) is 14.8 Å². The van der Waals surface area contributed by atoms with E-state index in [1.807, 2.05) is 6.07 Å². The molecule has 3 aromatic rings. The Bertz CT molecular complexity index is 1220. The van der Waals surface area contributed by atoms with Gasteiger partial charge in [-0.1, -0.05) is 42.5 Å². The fourth-order valence-corrected chi connectivity index (χ4v) is 5.41. The van der Waals surface area contributed by atoms with E-state index >= 15 is 0 Å². The number of aromatic nitrogens is 1. The number of nitrogens with zero attached hydrogens (tertiary/aromatic N) is 2. The van der Waals surface area contributed by atoms with Gasteiger partial charge >= 0.3 is 13.2 Å². The van der Waals surface area contributed by atoms with E-state index < -0.39 is 13.2 Å². The first-order chi connectivity index (χ1) is 16.6. The number of rotatable bonds is 6. The Labute approximate surface area is 207 Å². The van der Waals surface area contributed by atoms with Gasteiger partial charge in [-0.25, -0.2) is 4.79 Å². The van der Waals surface area contributed by atoms with Gasteiger partial charge in [-0.05, 0) is 63.3 Å². The highest BCUT2D eigenvalue weighted by Crippen LogP contribution is 2.41. The Hall–Kier alpha value is -2.81. The SMILES string of the molecule is CN(Cc1ccccc1)[C@H]1c2cc3cc(B4OC(C)(C)C(C)(C)O4)ccc3n2C[C@H]1CNC(=O)O. The van der Waals surface area contributed by atoms with E-state index in [4.69, 9.17) is 9.31 Å². The summed E-state index contributed by atoms with van der Waals surface area (Å²) in [4.78, 5) is 13.6. The number of carbonyl (C=O) groups is 1. The summed E-state index contributed by atoms with van der Waals surface area (Å²) >= 11 is 0. The zero-order chi connectivity index (χ0) is 25.0. The first kappa shape index (κ1) is 23.9. The maximum absolute atomic E-state index is 11.2. The van der Waals surface area contributed by atoms with Crippen molar-refractivity contribution in [3.63, 3.8) is 0 Å². The lowest BCUT2D eigenvalue weighted by Gasteiger charge is -2.32. The maximum Gasteiger partial charge on any atom is 0.494 e. The highest BCUT2D eigenvalue weighted by atomic mass is 16.7. The lowest BCUT2D eigenvalue weighted by Crippen LogP contribution is -2.41. The molecule has 1 fully saturated rings. The van der Waals surface area contributed by atoms with Gasteiger partial charge in [0.25, 0.3) is 0 Å². The van der Waals surface area contributed by atoms with Crippen molar-refractivity contribution in [2.45, 2.75) is 58.0 Å². The standard InChI is InChI=1S/C27H34BN3O4/c1-26(2)27(3,4)35-28(34-26)21-11-12-22-19(13-21)14-23-24(20(17-31(22)23)15-29-25(32)33)30(5)16-18-9-7-6-8-10-18/h6-14,20,24,29H,15-17H2,1-5H3,(H,32,33)/t20-,24-/m1/s1. The number of amides is 1. The van der Waals surface area contributed by atoms with Crippen molar-refractivity contribution in [2.75, 3.05) is 13.6 Å². The van der Waals surface area contributed by atoms with Gasteiger partial charge in [0.2, 0.25) is 0 Å². The van der Waals surface area contributed by atoms with Crippen molar-refractivity contribution in [3.8, 4) is 0 Å². The third-order valence-corrected chi connectivity index (χ3v) is 7.91. The van der Waals surface area contributed by atoms with E-state index in [0.29, 0.717) is 6.54 Å². The van der Waals surface area contributed by atoms with Crippen LogP contribution in [0.3, 0.4) is 0 Å². The van der Waals surface area contributed by atoms with Gasteiger partial charge in [-0.15, -0.1) is 0 Å². The molecule has 0 spiro atoms. The monoisotopic (exact) mass is 475 g/mol. The molecule has 0 saturated carbocycles. The highest BCUT2D eigenvalue weighted by molar-refractivity contribution is 6.62. The van der Waals surface area contributed by atoms with Crippen LogP contribution in [0.1, 0.15) is 45.0 Å². The summed E-state index contributed by atoms with van der Waals surface area (Å²) in [6, 6.07) is 19.1. The minimum absolute atomic E-state index is 0.0924. The second-order valence-electron chi connectivity index (χ2n) is 10.9. The molecule has 8 heteroatoms. The van der Waals surface area contributed by atoms with Crippen LogP contribution in [0, 0.1) is 5.92 Å². The molecule has 1 aromatic heterocycles. The Morgan fingerprint density at radius 2 is 1.80 bits per heavy atom. The van der Waals surface area contributed by atoms with Crippen molar-refractivity contribution in [2.24, 2.45) is 5.92 Å². The predicted molar refractivity (Wildman–Crippen MR) is 138 cm³/mol. The van der Waals surface area contributed by atoms with Gasteiger partial charge < -0.3 is 24.3 Å². The van der Waals surface area contributed by atoms with Crippen LogP contribution in [0.4, 0.5) is 4.79 Å². The second kappa shape index (κ2) is 8.69. The first-order valence-corrected chi connectivity index (χ1v) is 12.3. The molecule has 5 rings (SSSR count). The summed E-state index contributed by atoms with van der Waals surface area (Å²) < 4.78 is 14.9. The quantitative estimate of drug-likeness (QED) is 0.527.